The molecule has 0 saturated carbocycles. The molecule has 0 aromatic heterocycles. The Morgan fingerprint density at radius 3 is 2.72 bits per heavy atom. The van der Waals surface area contributed by atoms with Crippen molar-refractivity contribution in [3.05, 3.63) is 12.2 Å². The topological polar surface area (TPSA) is 41.6 Å². The number of amides is 1. The monoisotopic (exact) mass is 254 g/mol. The van der Waals surface area contributed by atoms with E-state index >= 15 is 0 Å². The maximum absolute atomic E-state index is 12.5. The number of hydrogen-bond acceptors (Lipinski definition) is 3. The van der Waals surface area contributed by atoms with Gasteiger partial charge < -0.3 is 15.0 Å². The third-order valence-corrected chi connectivity index (χ3v) is 3.21. The first-order valence-electron chi connectivity index (χ1n) is 6.84. The van der Waals surface area contributed by atoms with Gasteiger partial charge in [-0.05, 0) is 26.8 Å². The summed E-state index contributed by atoms with van der Waals surface area (Å²) >= 11 is 0. The van der Waals surface area contributed by atoms with E-state index in [1.807, 2.05) is 18.7 Å². The molecule has 1 heterocycles. The van der Waals surface area contributed by atoms with E-state index in [2.05, 4.69) is 18.8 Å². The van der Waals surface area contributed by atoms with Crippen molar-refractivity contribution in [1.82, 2.24) is 10.2 Å². The van der Waals surface area contributed by atoms with Gasteiger partial charge in [-0.3, -0.25) is 4.79 Å². The van der Waals surface area contributed by atoms with Crippen molar-refractivity contribution in [2.24, 2.45) is 5.92 Å². The molecule has 0 aromatic carbocycles. The molecule has 1 aliphatic rings. The largest absolute Gasteiger partial charge is 0.379 e. The lowest BCUT2D eigenvalue weighted by atomic mass is 10.0. The molecule has 1 fully saturated rings. The third-order valence-electron chi connectivity index (χ3n) is 3.21. The highest BCUT2D eigenvalue weighted by molar-refractivity contribution is 5.80. The van der Waals surface area contributed by atoms with Crippen LogP contribution in [0.5, 0.6) is 0 Å². The van der Waals surface area contributed by atoms with Gasteiger partial charge in [0, 0.05) is 19.1 Å². The number of rotatable bonds is 7. The maximum Gasteiger partial charge on any atom is 0.229 e. The number of likely N-dealkylation sites (N-methyl/N-ethyl adjacent to an activating group) is 1. The zero-order chi connectivity index (χ0) is 13.5. The minimum Gasteiger partial charge on any atom is -0.379 e. The van der Waals surface area contributed by atoms with Crippen LogP contribution in [0.25, 0.3) is 0 Å². The van der Waals surface area contributed by atoms with Crippen molar-refractivity contribution in [2.45, 2.75) is 33.2 Å². The predicted octanol–water partition coefficient (Wildman–Crippen LogP) is 1.43. The molecule has 104 valence electrons. The van der Waals surface area contributed by atoms with Gasteiger partial charge in [-0.25, -0.2) is 0 Å². The second-order valence-corrected chi connectivity index (χ2v) is 5.01. The zero-order valence-electron chi connectivity index (χ0n) is 11.9. The minimum atomic E-state index is -0.0455. The van der Waals surface area contributed by atoms with E-state index < -0.39 is 0 Å². The molecule has 4 nitrogen and oxygen atoms in total. The number of hydrogen-bond donors (Lipinski definition) is 1. The fourth-order valence-corrected chi connectivity index (χ4v) is 2.23. The number of ether oxygens (including phenoxy) is 1. The van der Waals surface area contributed by atoms with Crippen LogP contribution in [0.3, 0.4) is 0 Å². The summed E-state index contributed by atoms with van der Waals surface area (Å²) in [4.78, 5) is 14.3. The second-order valence-electron chi connectivity index (χ2n) is 5.01. The number of carbonyl (C=O) groups is 1. The zero-order valence-corrected chi connectivity index (χ0v) is 11.9. The summed E-state index contributed by atoms with van der Waals surface area (Å²) < 4.78 is 5.46. The van der Waals surface area contributed by atoms with Crippen LogP contribution < -0.4 is 5.32 Å². The van der Waals surface area contributed by atoms with Crippen molar-refractivity contribution in [2.75, 3.05) is 32.8 Å². The Morgan fingerprint density at radius 2 is 2.17 bits per heavy atom. The van der Waals surface area contributed by atoms with Gasteiger partial charge in [-0.15, -0.1) is 0 Å². The summed E-state index contributed by atoms with van der Waals surface area (Å²) in [6.45, 7) is 13.4. The van der Waals surface area contributed by atoms with Crippen LogP contribution >= 0.6 is 0 Å². The highest BCUT2D eigenvalue weighted by Gasteiger charge is 2.35. The molecule has 1 N–H and O–H groups in total. The van der Waals surface area contributed by atoms with Crippen molar-refractivity contribution in [1.29, 1.82) is 0 Å². The SMILES string of the molecule is C=C(C)CN(CC)C(=O)C1COCC1NCCC. The molecule has 1 amide bonds. The molecule has 2 atom stereocenters. The van der Waals surface area contributed by atoms with Gasteiger partial charge in [-0.2, -0.15) is 0 Å². The van der Waals surface area contributed by atoms with Crippen LogP contribution in [-0.4, -0.2) is 49.7 Å². The lowest BCUT2D eigenvalue weighted by Gasteiger charge is -2.27. The molecule has 18 heavy (non-hydrogen) atoms. The van der Waals surface area contributed by atoms with Gasteiger partial charge in [0.15, 0.2) is 0 Å². The van der Waals surface area contributed by atoms with E-state index in [9.17, 15) is 4.79 Å². The van der Waals surface area contributed by atoms with Gasteiger partial charge in [0.1, 0.15) is 0 Å². The molecule has 1 rings (SSSR count). The Bertz CT molecular complexity index is 292. The van der Waals surface area contributed by atoms with Crippen LogP contribution in [0, 0.1) is 5.92 Å². The molecular weight excluding hydrogens is 228 g/mol. The van der Waals surface area contributed by atoms with Crippen LogP contribution in [0.4, 0.5) is 0 Å². The Kier molecular flexibility index (Phi) is 6.36. The first-order valence-corrected chi connectivity index (χ1v) is 6.84. The van der Waals surface area contributed by atoms with Crippen molar-refractivity contribution >= 4 is 5.91 Å². The molecule has 0 spiro atoms. The minimum absolute atomic E-state index is 0.0455. The lowest BCUT2D eigenvalue weighted by Crippen LogP contribution is -2.46. The fraction of sp³-hybridized carbons (Fsp3) is 0.786. The average Bonchev–Trinajstić information content (AvgIpc) is 2.80. The Morgan fingerprint density at radius 1 is 1.44 bits per heavy atom. The molecule has 0 radical (unpaired) electrons. The summed E-state index contributed by atoms with van der Waals surface area (Å²) in [6.07, 6.45) is 1.07. The van der Waals surface area contributed by atoms with Crippen LogP contribution in [0.15, 0.2) is 12.2 Å². The van der Waals surface area contributed by atoms with Crippen molar-refractivity contribution < 1.29 is 9.53 Å². The smallest absolute Gasteiger partial charge is 0.229 e. The van der Waals surface area contributed by atoms with Crippen molar-refractivity contribution in [3.8, 4) is 0 Å². The molecule has 1 aliphatic heterocycles. The highest BCUT2D eigenvalue weighted by Crippen LogP contribution is 2.17. The normalized spacial score (nSPS) is 23.1. The lowest BCUT2D eigenvalue weighted by molar-refractivity contribution is -0.135. The quantitative estimate of drug-likeness (QED) is 0.699. The predicted molar refractivity (Wildman–Crippen MR) is 73.5 cm³/mol. The van der Waals surface area contributed by atoms with E-state index in [4.69, 9.17) is 4.74 Å². The highest BCUT2D eigenvalue weighted by atomic mass is 16.5. The summed E-state index contributed by atoms with van der Waals surface area (Å²) in [6, 6.07) is 0.164. The Balaban J connectivity index is 2.59. The first kappa shape index (κ1) is 15.2. The fourth-order valence-electron chi connectivity index (χ4n) is 2.23. The van der Waals surface area contributed by atoms with Gasteiger partial charge in [0.25, 0.3) is 0 Å². The van der Waals surface area contributed by atoms with Gasteiger partial charge in [0.2, 0.25) is 5.91 Å². The van der Waals surface area contributed by atoms with Crippen LogP contribution in [0.2, 0.25) is 0 Å². The number of nitrogens with one attached hydrogen (secondary N) is 1. The first-order chi connectivity index (χ1) is 8.60. The van der Waals surface area contributed by atoms with E-state index in [1.165, 1.54) is 0 Å². The number of carbonyl (C=O) groups excluding carboxylic acids is 1. The standard InChI is InChI=1S/C14H26N2O2/c1-5-7-15-13-10-18-9-12(13)14(17)16(6-2)8-11(3)4/h12-13,15H,3,5-10H2,1-2,4H3. The number of nitrogens with zero attached hydrogens (tertiary/aromatic N) is 1. The summed E-state index contributed by atoms with van der Waals surface area (Å²) in [5, 5.41) is 3.40. The van der Waals surface area contributed by atoms with Crippen LogP contribution in [-0.2, 0) is 9.53 Å². The van der Waals surface area contributed by atoms with Gasteiger partial charge >= 0.3 is 0 Å². The van der Waals surface area contributed by atoms with E-state index in [-0.39, 0.29) is 17.9 Å². The van der Waals surface area contributed by atoms with E-state index in [0.717, 1.165) is 25.1 Å². The Labute approximate surface area is 110 Å². The van der Waals surface area contributed by atoms with Crippen molar-refractivity contribution in [3.63, 3.8) is 0 Å². The molecule has 0 aromatic rings. The summed E-state index contributed by atoms with van der Waals surface area (Å²) in [5.74, 6) is 0.141. The second kappa shape index (κ2) is 7.54. The summed E-state index contributed by atoms with van der Waals surface area (Å²) in [5.41, 5.74) is 1.02. The molecule has 2 unspecified atom stereocenters. The third kappa shape index (κ3) is 4.10. The van der Waals surface area contributed by atoms with E-state index in [1.54, 1.807) is 0 Å². The molecule has 0 bridgehead atoms. The van der Waals surface area contributed by atoms with Gasteiger partial charge in [-0.1, -0.05) is 19.1 Å². The van der Waals surface area contributed by atoms with Crippen LogP contribution in [0.1, 0.15) is 27.2 Å². The molecule has 1 saturated heterocycles. The molecule has 4 heteroatoms. The maximum atomic E-state index is 12.5. The average molecular weight is 254 g/mol. The van der Waals surface area contributed by atoms with Gasteiger partial charge in [0.05, 0.1) is 19.1 Å². The summed E-state index contributed by atoms with van der Waals surface area (Å²) in [7, 11) is 0. The molecule has 0 aliphatic carbocycles. The van der Waals surface area contributed by atoms with E-state index in [0.29, 0.717) is 19.8 Å². The Hall–Kier alpha value is -0.870. The molecular formula is C14H26N2O2.